The summed E-state index contributed by atoms with van der Waals surface area (Å²) in [6.07, 6.45) is 1.37. The van der Waals surface area contributed by atoms with Gasteiger partial charge in [-0.15, -0.1) is 0 Å². The number of hydrogen-bond donors (Lipinski definition) is 0. The van der Waals surface area contributed by atoms with Gasteiger partial charge in [-0.05, 0) is 10.8 Å². The van der Waals surface area contributed by atoms with Crippen LogP contribution < -0.4 is 0 Å². The number of aromatic nitrogens is 2. The van der Waals surface area contributed by atoms with Crippen LogP contribution in [0.1, 0.15) is 26.1 Å². The van der Waals surface area contributed by atoms with E-state index in [1.807, 2.05) is 13.8 Å². The molecule has 0 fully saturated rings. The van der Waals surface area contributed by atoms with Gasteiger partial charge in [0.2, 0.25) is 0 Å². The topological polar surface area (TPSA) is 96.5 Å². The SMILES string of the molecule is Cc1ncc([N+](=O)[O-])n1CCOC(=O)CCOCC(C)C. The number of carbonyl (C=O) groups excluding carboxylic acids is 1. The molecule has 8 heteroatoms. The Morgan fingerprint density at radius 2 is 2.19 bits per heavy atom. The summed E-state index contributed by atoms with van der Waals surface area (Å²) in [5.41, 5.74) is 0. The molecule has 0 aliphatic rings. The minimum atomic E-state index is -0.512. The highest BCUT2D eigenvalue weighted by atomic mass is 16.6. The van der Waals surface area contributed by atoms with Gasteiger partial charge in [-0.3, -0.25) is 4.79 Å². The third kappa shape index (κ3) is 5.90. The first kappa shape index (κ1) is 17.1. The third-order valence-corrected chi connectivity index (χ3v) is 2.70. The van der Waals surface area contributed by atoms with E-state index in [2.05, 4.69) is 4.98 Å². The summed E-state index contributed by atoms with van der Waals surface area (Å²) in [6, 6.07) is 0. The number of imidazole rings is 1. The van der Waals surface area contributed by atoms with Crippen LogP contribution in [-0.2, 0) is 20.8 Å². The zero-order valence-electron chi connectivity index (χ0n) is 12.6. The lowest BCUT2D eigenvalue weighted by Gasteiger charge is -2.07. The van der Waals surface area contributed by atoms with Gasteiger partial charge in [0.1, 0.15) is 19.3 Å². The van der Waals surface area contributed by atoms with Crippen molar-refractivity contribution in [2.24, 2.45) is 5.92 Å². The van der Waals surface area contributed by atoms with E-state index in [0.29, 0.717) is 25.0 Å². The largest absolute Gasteiger partial charge is 0.461 e. The first-order chi connectivity index (χ1) is 9.91. The molecule has 8 nitrogen and oxygen atoms in total. The predicted molar refractivity (Wildman–Crippen MR) is 74.9 cm³/mol. The normalized spacial score (nSPS) is 10.9. The molecule has 1 aromatic rings. The van der Waals surface area contributed by atoms with Crippen LogP contribution in [0.3, 0.4) is 0 Å². The zero-order chi connectivity index (χ0) is 15.8. The summed E-state index contributed by atoms with van der Waals surface area (Å²) < 4.78 is 11.7. The van der Waals surface area contributed by atoms with Gasteiger partial charge in [0.15, 0.2) is 5.82 Å². The number of esters is 1. The van der Waals surface area contributed by atoms with Crippen LogP contribution in [0.2, 0.25) is 0 Å². The Kier molecular flexibility index (Phi) is 6.80. The quantitative estimate of drug-likeness (QED) is 0.298. The van der Waals surface area contributed by atoms with E-state index < -0.39 is 4.92 Å². The summed E-state index contributed by atoms with van der Waals surface area (Å²) in [7, 11) is 0. The Morgan fingerprint density at radius 3 is 2.81 bits per heavy atom. The Bertz CT molecular complexity index is 484. The van der Waals surface area contributed by atoms with Crippen LogP contribution in [0.15, 0.2) is 6.20 Å². The van der Waals surface area contributed by atoms with Crippen LogP contribution in [0.5, 0.6) is 0 Å². The lowest BCUT2D eigenvalue weighted by atomic mass is 10.2. The minimum absolute atomic E-state index is 0.0705. The van der Waals surface area contributed by atoms with E-state index in [0.717, 1.165) is 0 Å². The molecule has 0 saturated carbocycles. The van der Waals surface area contributed by atoms with Crippen molar-refractivity contribution in [3.8, 4) is 0 Å². The fourth-order valence-corrected chi connectivity index (χ4v) is 1.68. The van der Waals surface area contributed by atoms with Crippen LogP contribution in [0.4, 0.5) is 5.82 Å². The van der Waals surface area contributed by atoms with Gasteiger partial charge in [0.25, 0.3) is 0 Å². The van der Waals surface area contributed by atoms with E-state index in [4.69, 9.17) is 9.47 Å². The summed E-state index contributed by atoms with van der Waals surface area (Å²) in [6.45, 7) is 6.92. The molecule has 0 aliphatic heterocycles. The molecule has 0 bridgehead atoms. The number of carbonyl (C=O) groups is 1. The number of rotatable bonds is 9. The van der Waals surface area contributed by atoms with Gasteiger partial charge in [-0.25, -0.2) is 9.55 Å². The van der Waals surface area contributed by atoms with Gasteiger partial charge in [-0.2, -0.15) is 0 Å². The maximum Gasteiger partial charge on any atom is 0.342 e. The van der Waals surface area contributed by atoms with Gasteiger partial charge in [0, 0.05) is 13.5 Å². The van der Waals surface area contributed by atoms with Crippen molar-refractivity contribution >= 4 is 11.8 Å². The van der Waals surface area contributed by atoms with Crippen molar-refractivity contribution in [3.63, 3.8) is 0 Å². The number of aryl methyl sites for hydroxylation is 1. The van der Waals surface area contributed by atoms with Gasteiger partial charge >= 0.3 is 11.8 Å². The number of nitro groups is 1. The fraction of sp³-hybridized carbons (Fsp3) is 0.692. The van der Waals surface area contributed by atoms with Crippen molar-refractivity contribution in [2.75, 3.05) is 19.8 Å². The maximum absolute atomic E-state index is 11.5. The average Bonchev–Trinajstić information content (AvgIpc) is 2.76. The van der Waals surface area contributed by atoms with Crippen LogP contribution in [0, 0.1) is 23.0 Å². The standard InChI is InChI=1S/C13H21N3O5/c1-10(2)9-20-6-4-13(17)21-7-5-15-11(3)14-8-12(15)16(18)19/h8,10H,4-7,9H2,1-3H3. The van der Waals surface area contributed by atoms with Crippen molar-refractivity contribution in [3.05, 3.63) is 22.1 Å². The molecule has 1 heterocycles. The van der Waals surface area contributed by atoms with E-state index in [1.54, 1.807) is 6.92 Å². The summed E-state index contributed by atoms with van der Waals surface area (Å²) in [5, 5.41) is 10.8. The smallest absolute Gasteiger partial charge is 0.342 e. The number of nitrogens with zero attached hydrogens (tertiary/aromatic N) is 3. The lowest BCUT2D eigenvalue weighted by Crippen LogP contribution is -2.15. The van der Waals surface area contributed by atoms with Gasteiger partial charge < -0.3 is 19.6 Å². The number of hydrogen-bond acceptors (Lipinski definition) is 6. The highest BCUT2D eigenvalue weighted by Gasteiger charge is 2.17. The third-order valence-electron chi connectivity index (χ3n) is 2.70. The Morgan fingerprint density at radius 1 is 1.48 bits per heavy atom. The zero-order valence-corrected chi connectivity index (χ0v) is 12.6. The van der Waals surface area contributed by atoms with Crippen molar-refractivity contribution in [1.29, 1.82) is 0 Å². The molecule has 0 radical (unpaired) electrons. The Balaban J connectivity index is 2.29. The molecular formula is C13H21N3O5. The molecule has 0 unspecified atom stereocenters. The molecule has 0 atom stereocenters. The minimum Gasteiger partial charge on any atom is -0.461 e. The highest BCUT2D eigenvalue weighted by molar-refractivity contribution is 5.69. The van der Waals surface area contributed by atoms with Crippen molar-refractivity contribution in [2.45, 2.75) is 33.7 Å². The molecule has 0 aliphatic carbocycles. The molecule has 0 amide bonds. The number of ether oxygens (including phenoxy) is 2. The molecule has 118 valence electrons. The fourth-order valence-electron chi connectivity index (χ4n) is 1.68. The molecule has 0 aromatic carbocycles. The first-order valence-corrected chi connectivity index (χ1v) is 6.81. The maximum atomic E-state index is 11.5. The predicted octanol–water partition coefficient (Wildman–Crippen LogP) is 1.71. The Hall–Kier alpha value is -1.96. The van der Waals surface area contributed by atoms with Crippen molar-refractivity contribution < 1.29 is 19.2 Å². The van der Waals surface area contributed by atoms with Crippen LogP contribution in [-0.4, -0.2) is 40.3 Å². The van der Waals surface area contributed by atoms with E-state index in [-0.39, 0.29) is 31.4 Å². The highest BCUT2D eigenvalue weighted by Crippen LogP contribution is 2.13. The second-order valence-electron chi connectivity index (χ2n) is 5.01. The second kappa shape index (κ2) is 8.35. The molecule has 1 aromatic heterocycles. The van der Waals surface area contributed by atoms with Gasteiger partial charge in [-0.1, -0.05) is 13.8 Å². The van der Waals surface area contributed by atoms with Crippen molar-refractivity contribution in [1.82, 2.24) is 9.55 Å². The summed E-state index contributed by atoms with van der Waals surface area (Å²) >= 11 is 0. The van der Waals surface area contributed by atoms with Crippen LogP contribution >= 0.6 is 0 Å². The monoisotopic (exact) mass is 299 g/mol. The summed E-state index contributed by atoms with van der Waals surface area (Å²) in [5.74, 6) is 0.451. The molecule has 0 spiro atoms. The van der Waals surface area contributed by atoms with E-state index >= 15 is 0 Å². The van der Waals surface area contributed by atoms with Gasteiger partial charge in [0.05, 0.1) is 13.0 Å². The lowest BCUT2D eigenvalue weighted by molar-refractivity contribution is -0.392. The van der Waals surface area contributed by atoms with E-state index in [1.165, 1.54) is 10.8 Å². The molecule has 1 rings (SSSR count). The second-order valence-corrected chi connectivity index (χ2v) is 5.01. The molecular weight excluding hydrogens is 278 g/mol. The average molecular weight is 299 g/mol. The Labute approximate surface area is 123 Å². The molecule has 0 N–H and O–H groups in total. The molecule has 21 heavy (non-hydrogen) atoms. The summed E-state index contributed by atoms with van der Waals surface area (Å²) in [4.78, 5) is 25.6. The molecule has 0 saturated heterocycles. The first-order valence-electron chi connectivity index (χ1n) is 6.81. The van der Waals surface area contributed by atoms with E-state index in [9.17, 15) is 14.9 Å². The van der Waals surface area contributed by atoms with Crippen LogP contribution in [0.25, 0.3) is 0 Å².